The van der Waals surface area contributed by atoms with E-state index >= 15 is 0 Å². The molecular weight excluding hydrogens is 406 g/mol. The number of pyridine rings is 1. The standard InChI is InChI=1S/C17H30N2O7P2/c1-6-22-27(20,23-7-2)17(28(21,24-8-3)25-9-4)13-16(19(5)26-17)15-11-10-12-18-14-15/h10-12,14,16H,6-9,13H2,1-5H3. The molecule has 0 amide bonds. The number of hydroxylamine groups is 2. The topological polar surface area (TPSA) is 96.4 Å². The normalized spacial score (nSPS) is 20.5. The van der Waals surface area contributed by atoms with Gasteiger partial charge in [0.2, 0.25) is 0 Å². The van der Waals surface area contributed by atoms with Crippen molar-refractivity contribution in [2.45, 2.75) is 45.2 Å². The molecule has 1 aliphatic heterocycles. The van der Waals surface area contributed by atoms with Gasteiger partial charge in [0.25, 0.3) is 5.08 Å². The molecule has 28 heavy (non-hydrogen) atoms. The first-order valence-electron chi connectivity index (χ1n) is 9.43. The molecule has 1 atom stereocenters. The van der Waals surface area contributed by atoms with Crippen LogP contribution in [0.2, 0.25) is 0 Å². The van der Waals surface area contributed by atoms with Crippen molar-refractivity contribution in [2.24, 2.45) is 0 Å². The van der Waals surface area contributed by atoms with Crippen molar-refractivity contribution in [1.82, 2.24) is 10.0 Å². The van der Waals surface area contributed by atoms with Crippen LogP contribution in [-0.4, -0.2) is 48.6 Å². The molecule has 1 aliphatic rings. The third kappa shape index (κ3) is 4.27. The van der Waals surface area contributed by atoms with Crippen molar-refractivity contribution < 1.29 is 32.1 Å². The van der Waals surface area contributed by atoms with Gasteiger partial charge in [-0.05, 0) is 39.3 Å². The molecule has 0 aromatic carbocycles. The lowest BCUT2D eigenvalue weighted by Gasteiger charge is -2.38. The summed E-state index contributed by atoms with van der Waals surface area (Å²) in [6.45, 7) is 7.07. The zero-order valence-corrected chi connectivity index (χ0v) is 18.9. The van der Waals surface area contributed by atoms with Gasteiger partial charge >= 0.3 is 15.2 Å². The molecular formula is C17H30N2O7P2. The Morgan fingerprint density at radius 3 is 1.96 bits per heavy atom. The number of hydrogen-bond donors (Lipinski definition) is 0. The third-order valence-corrected chi connectivity index (χ3v) is 10.4. The average Bonchev–Trinajstić information content (AvgIpc) is 3.03. The summed E-state index contributed by atoms with van der Waals surface area (Å²) in [5.41, 5.74) is 0.811. The molecule has 2 rings (SSSR count). The maximum absolute atomic E-state index is 13.9. The fraction of sp³-hybridized carbons (Fsp3) is 0.706. The van der Waals surface area contributed by atoms with E-state index in [0.29, 0.717) is 0 Å². The summed E-state index contributed by atoms with van der Waals surface area (Å²) in [6.07, 6.45) is 3.37. The Morgan fingerprint density at radius 2 is 1.57 bits per heavy atom. The van der Waals surface area contributed by atoms with Crippen LogP contribution in [0.5, 0.6) is 0 Å². The van der Waals surface area contributed by atoms with E-state index < -0.39 is 26.3 Å². The minimum Gasteiger partial charge on any atom is -0.306 e. The molecule has 0 radical (unpaired) electrons. The number of nitrogens with zero attached hydrogens (tertiary/aromatic N) is 2. The predicted octanol–water partition coefficient (Wildman–Crippen LogP) is 4.58. The third-order valence-electron chi connectivity index (χ3n) is 4.31. The molecule has 2 heterocycles. The van der Waals surface area contributed by atoms with Crippen LogP contribution >= 0.6 is 15.2 Å². The highest BCUT2D eigenvalue weighted by Crippen LogP contribution is 2.82. The van der Waals surface area contributed by atoms with E-state index in [0.717, 1.165) is 5.56 Å². The fourth-order valence-electron chi connectivity index (χ4n) is 3.24. The molecule has 0 saturated carbocycles. The van der Waals surface area contributed by atoms with E-state index in [9.17, 15) is 9.13 Å². The first-order valence-corrected chi connectivity index (χ1v) is 12.5. The van der Waals surface area contributed by atoms with Crippen molar-refractivity contribution in [3.05, 3.63) is 30.1 Å². The van der Waals surface area contributed by atoms with Crippen LogP contribution in [0.4, 0.5) is 0 Å². The Balaban J connectivity index is 2.63. The van der Waals surface area contributed by atoms with E-state index in [1.807, 2.05) is 6.07 Å². The molecule has 0 bridgehead atoms. The molecule has 11 heteroatoms. The Kier molecular flexibility index (Phi) is 8.38. The smallest absolute Gasteiger partial charge is 0.306 e. The van der Waals surface area contributed by atoms with Crippen LogP contribution < -0.4 is 0 Å². The van der Waals surface area contributed by atoms with Crippen molar-refractivity contribution in [2.75, 3.05) is 33.5 Å². The lowest BCUT2D eigenvalue weighted by Crippen LogP contribution is -2.34. The van der Waals surface area contributed by atoms with Crippen LogP contribution in [0.1, 0.15) is 45.7 Å². The highest BCUT2D eigenvalue weighted by Gasteiger charge is 2.72. The van der Waals surface area contributed by atoms with Crippen molar-refractivity contribution >= 4 is 15.2 Å². The van der Waals surface area contributed by atoms with E-state index in [4.69, 9.17) is 22.9 Å². The predicted molar refractivity (Wildman–Crippen MR) is 105 cm³/mol. The van der Waals surface area contributed by atoms with Crippen LogP contribution in [0.15, 0.2) is 24.5 Å². The second-order valence-electron chi connectivity index (χ2n) is 6.05. The van der Waals surface area contributed by atoms with Crippen LogP contribution in [0.3, 0.4) is 0 Å². The minimum atomic E-state index is -4.07. The quantitative estimate of drug-likeness (QED) is 0.462. The van der Waals surface area contributed by atoms with Crippen molar-refractivity contribution in [3.8, 4) is 0 Å². The van der Waals surface area contributed by atoms with Gasteiger partial charge in [0.1, 0.15) is 0 Å². The second-order valence-corrected chi connectivity index (χ2v) is 10.9. The lowest BCUT2D eigenvalue weighted by molar-refractivity contribution is -0.149. The van der Waals surface area contributed by atoms with E-state index in [1.54, 1.807) is 53.2 Å². The number of rotatable bonds is 11. The second kappa shape index (κ2) is 9.92. The van der Waals surface area contributed by atoms with Gasteiger partial charge in [-0.25, -0.2) is 0 Å². The van der Waals surface area contributed by atoms with Gasteiger partial charge in [0, 0.05) is 25.9 Å². The number of aromatic nitrogens is 1. The first kappa shape index (κ1) is 23.6. The van der Waals surface area contributed by atoms with E-state index in [1.165, 1.54) is 5.06 Å². The van der Waals surface area contributed by atoms with Crippen LogP contribution in [-0.2, 0) is 32.1 Å². The van der Waals surface area contributed by atoms with E-state index in [-0.39, 0.29) is 32.8 Å². The molecule has 1 fully saturated rings. The summed E-state index contributed by atoms with van der Waals surface area (Å²) in [7, 11) is -6.47. The van der Waals surface area contributed by atoms with Gasteiger partial charge in [-0.2, -0.15) is 5.06 Å². The van der Waals surface area contributed by atoms with Gasteiger partial charge in [0.15, 0.2) is 0 Å². The zero-order chi connectivity index (χ0) is 20.8. The Bertz CT molecular complexity index is 669. The monoisotopic (exact) mass is 436 g/mol. The summed E-state index contributed by atoms with van der Waals surface area (Å²) in [5, 5.41) is -0.431. The van der Waals surface area contributed by atoms with Gasteiger partial charge in [-0.1, -0.05) is 6.07 Å². The molecule has 1 aromatic rings. The highest BCUT2D eigenvalue weighted by atomic mass is 31.2. The molecule has 1 aromatic heterocycles. The summed E-state index contributed by atoms with van der Waals surface area (Å²) in [5.74, 6) is 0. The van der Waals surface area contributed by atoms with Crippen LogP contribution in [0.25, 0.3) is 0 Å². The Hall–Kier alpha value is -0.630. The van der Waals surface area contributed by atoms with Gasteiger partial charge in [0.05, 0.1) is 32.5 Å². The Morgan fingerprint density at radius 1 is 1.07 bits per heavy atom. The molecule has 0 aliphatic carbocycles. The summed E-state index contributed by atoms with van der Waals surface area (Å²) in [4.78, 5) is 10.2. The van der Waals surface area contributed by atoms with Crippen molar-refractivity contribution in [1.29, 1.82) is 0 Å². The van der Waals surface area contributed by atoms with Crippen LogP contribution in [0, 0.1) is 0 Å². The lowest BCUT2D eigenvalue weighted by atomic mass is 10.1. The SMILES string of the molecule is CCOP(=O)(OCC)C1(P(=O)(OCC)OCC)CC(c2cccnc2)N(C)O1. The molecule has 1 saturated heterocycles. The molecule has 0 spiro atoms. The Labute approximate surface area is 166 Å². The van der Waals surface area contributed by atoms with Gasteiger partial charge in [-0.15, -0.1) is 0 Å². The maximum Gasteiger partial charge on any atom is 0.376 e. The average molecular weight is 436 g/mol. The molecule has 1 unspecified atom stereocenters. The summed E-state index contributed by atoms with van der Waals surface area (Å²) >= 11 is 0. The minimum absolute atomic E-state index is 0.0315. The first-order chi connectivity index (χ1) is 13.3. The fourth-order valence-corrected chi connectivity index (χ4v) is 8.70. The summed E-state index contributed by atoms with van der Waals surface area (Å²) < 4.78 is 50.1. The van der Waals surface area contributed by atoms with Gasteiger partial charge < -0.3 is 18.1 Å². The molecule has 160 valence electrons. The van der Waals surface area contributed by atoms with E-state index in [2.05, 4.69) is 4.98 Å². The highest BCUT2D eigenvalue weighted by molar-refractivity contribution is 7.74. The maximum atomic E-state index is 13.9. The summed E-state index contributed by atoms with van der Waals surface area (Å²) in [6, 6.07) is 3.27. The molecule has 9 nitrogen and oxygen atoms in total. The largest absolute Gasteiger partial charge is 0.376 e. The molecule has 0 N–H and O–H groups in total. The zero-order valence-electron chi connectivity index (χ0n) is 17.1. The van der Waals surface area contributed by atoms with Crippen molar-refractivity contribution in [3.63, 3.8) is 0 Å². The van der Waals surface area contributed by atoms with Gasteiger partial charge in [-0.3, -0.25) is 19.0 Å². The number of hydrogen-bond acceptors (Lipinski definition) is 9.